The zero-order chi connectivity index (χ0) is 13.4. The number of hydrogen-bond acceptors (Lipinski definition) is 3. The fourth-order valence-electron chi connectivity index (χ4n) is 2.48. The number of nitrogens with two attached hydrogens (primary N) is 1. The molecular weight excluding hydrogens is 260 g/mol. The highest BCUT2D eigenvalue weighted by atomic mass is 35.5. The van der Waals surface area contributed by atoms with E-state index in [-0.39, 0.29) is 12.1 Å². The van der Waals surface area contributed by atoms with Crippen molar-refractivity contribution in [1.29, 1.82) is 0 Å². The van der Waals surface area contributed by atoms with Crippen molar-refractivity contribution in [2.24, 2.45) is 5.73 Å². The molecule has 0 fully saturated rings. The summed E-state index contributed by atoms with van der Waals surface area (Å²) >= 11 is 6.00. The van der Waals surface area contributed by atoms with Crippen molar-refractivity contribution in [3.63, 3.8) is 0 Å². The quantitative estimate of drug-likeness (QED) is 0.865. The predicted molar refractivity (Wildman–Crippen MR) is 75.3 cm³/mol. The molecule has 0 saturated heterocycles. The number of benzene rings is 1. The van der Waals surface area contributed by atoms with Crippen molar-refractivity contribution < 1.29 is 4.74 Å². The number of nitrogens with zero attached hydrogens (tertiary/aromatic N) is 1. The number of fused-ring (bicyclic) bond motifs is 1. The number of hydrogen-bond donors (Lipinski definition) is 1. The second kappa shape index (κ2) is 4.83. The molecule has 3 rings (SSSR count). The Labute approximate surface area is 117 Å². The molecule has 0 bridgehead atoms. The van der Waals surface area contributed by atoms with Gasteiger partial charge in [-0.1, -0.05) is 11.6 Å². The number of aryl methyl sites for hydroxylation is 1. The van der Waals surface area contributed by atoms with Crippen LogP contribution in [-0.2, 0) is 0 Å². The van der Waals surface area contributed by atoms with Crippen LogP contribution in [0.15, 0.2) is 36.7 Å². The lowest BCUT2D eigenvalue weighted by Crippen LogP contribution is -2.24. The van der Waals surface area contributed by atoms with Gasteiger partial charge in [0.05, 0.1) is 0 Å². The minimum Gasteiger partial charge on any atom is -0.485 e. The molecule has 0 radical (unpaired) electrons. The molecule has 1 unspecified atom stereocenters. The number of rotatable bonds is 1. The van der Waals surface area contributed by atoms with Gasteiger partial charge in [-0.25, -0.2) is 0 Å². The number of ether oxygens (including phenoxy) is 1. The number of pyridine rings is 1. The summed E-state index contributed by atoms with van der Waals surface area (Å²) in [6.07, 6.45) is 4.33. The van der Waals surface area contributed by atoms with Crippen LogP contribution in [-0.4, -0.2) is 4.98 Å². The summed E-state index contributed by atoms with van der Waals surface area (Å²) < 4.78 is 6.05. The van der Waals surface area contributed by atoms with Gasteiger partial charge in [-0.3, -0.25) is 4.98 Å². The molecule has 3 nitrogen and oxygen atoms in total. The minimum atomic E-state index is -0.0629. The Hall–Kier alpha value is -1.58. The van der Waals surface area contributed by atoms with Crippen LogP contribution in [0.4, 0.5) is 0 Å². The van der Waals surface area contributed by atoms with E-state index in [1.165, 1.54) is 5.56 Å². The van der Waals surface area contributed by atoms with Crippen molar-refractivity contribution in [1.82, 2.24) is 4.98 Å². The van der Waals surface area contributed by atoms with Gasteiger partial charge in [0.25, 0.3) is 0 Å². The predicted octanol–water partition coefficient (Wildman–Crippen LogP) is 3.57. The Balaban J connectivity index is 1.97. The molecule has 1 aromatic heterocycles. The average Bonchev–Trinajstić information content (AvgIpc) is 2.40. The van der Waals surface area contributed by atoms with E-state index in [1.54, 1.807) is 6.20 Å². The van der Waals surface area contributed by atoms with Crippen LogP contribution in [0.25, 0.3) is 0 Å². The van der Waals surface area contributed by atoms with Gasteiger partial charge < -0.3 is 10.5 Å². The lowest BCUT2D eigenvalue weighted by atomic mass is 9.93. The molecule has 0 aliphatic carbocycles. The lowest BCUT2D eigenvalue weighted by Gasteiger charge is -2.31. The second-order valence-corrected chi connectivity index (χ2v) is 5.30. The first-order valence-electron chi connectivity index (χ1n) is 6.27. The highest BCUT2D eigenvalue weighted by Gasteiger charge is 2.28. The van der Waals surface area contributed by atoms with Gasteiger partial charge in [0.1, 0.15) is 11.9 Å². The van der Waals surface area contributed by atoms with E-state index in [1.807, 2.05) is 30.5 Å². The first-order valence-corrected chi connectivity index (χ1v) is 6.65. The minimum absolute atomic E-state index is 0.0441. The first kappa shape index (κ1) is 12.5. The highest BCUT2D eigenvalue weighted by molar-refractivity contribution is 6.30. The van der Waals surface area contributed by atoms with E-state index >= 15 is 0 Å². The van der Waals surface area contributed by atoms with E-state index in [4.69, 9.17) is 22.1 Å². The van der Waals surface area contributed by atoms with Gasteiger partial charge in [-0.05, 0) is 36.8 Å². The molecule has 0 saturated carbocycles. The molecule has 2 N–H and O–H groups in total. The van der Waals surface area contributed by atoms with E-state index in [9.17, 15) is 0 Å². The van der Waals surface area contributed by atoms with Crippen molar-refractivity contribution in [3.05, 3.63) is 58.4 Å². The average molecular weight is 275 g/mol. The molecule has 2 aromatic rings. The summed E-state index contributed by atoms with van der Waals surface area (Å²) in [6, 6.07) is 7.52. The summed E-state index contributed by atoms with van der Waals surface area (Å²) in [4.78, 5) is 4.17. The summed E-state index contributed by atoms with van der Waals surface area (Å²) in [6.45, 7) is 2.06. The molecule has 98 valence electrons. The summed E-state index contributed by atoms with van der Waals surface area (Å²) in [5.74, 6) is 0.816. The third kappa shape index (κ3) is 2.31. The van der Waals surface area contributed by atoms with Crippen molar-refractivity contribution in [2.45, 2.75) is 25.5 Å². The molecule has 2 heterocycles. The van der Waals surface area contributed by atoms with Crippen LogP contribution in [0.5, 0.6) is 5.75 Å². The standard InChI is InChI=1S/C15H15ClN2O/c1-9-4-5-18-8-12(9)15-7-13(17)11-6-10(16)2-3-14(11)19-15/h2-6,8,13,15H,7,17H2,1H3/t13-,15?/m1/s1. The van der Waals surface area contributed by atoms with Gasteiger partial charge in [0, 0.05) is 41.0 Å². The van der Waals surface area contributed by atoms with Gasteiger partial charge in [-0.15, -0.1) is 0 Å². The monoisotopic (exact) mass is 274 g/mol. The lowest BCUT2D eigenvalue weighted by molar-refractivity contribution is 0.160. The Bertz CT molecular complexity index is 615. The van der Waals surface area contributed by atoms with E-state index in [2.05, 4.69) is 11.9 Å². The molecule has 1 aliphatic heterocycles. The van der Waals surface area contributed by atoms with Gasteiger partial charge in [-0.2, -0.15) is 0 Å². The zero-order valence-electron chi connectivity index (χ0n) is 10.6. The van der Waals surface area contributed by atoms with Crippen LogP contribution in [0, 0.1) is 6.92 Å². The van der Waals surface area contributed by atoms with Gasteiger partial charge in [0.15, 0.2) is 0 Å². The van der Waals surface area contributed by atoms with Crippen LogP contribution >= 0.6 is 11.6 Å². The maximum Gasteiger partial charge on any atom is 0.127 e. The number of aromatic nitrogens is 1. The molecule has 1 aromatic carbocycles. The topological polar surface area (TPSA) is 48.1 Å². The second-order valence-electron chi connectivity index (χ2n) is 4.86. The molecule has 1 aliphatic rings. The Morgan fingerprint density at radius 3 is 2.95 bits per heavy atom. The zero-order valence-corrected chi connectivity index (χ0v) is 11.4. The summed E-state index contributed by atoms with van der Waals surface area (Å²) in [7, 11) is 0. The molecule has 4 heteroatoms. The third-order valence-corrected chi connectivity index (χ3v) is 3.77. The van der Waals surface area contributed by atoms with Crippen molar-refractivity contribution in [3.8, 4) is 5.75 Å². The van der Waals surface area contributed by atoms with Crippen molar-refractivity contribution >= 4 is 11.6 Å². The van der Waals surface area contributed by atoms with Crippen molar-refractivity contribution in [2.75, 3.05) is 0 Å². The Morgan fingerprint density at radius 2 is 2.16 bits per heavy atom. The van der Waals surface area contributed by atoms with E-state index in [0.717, 1.165) is 23.3 Å². The van der Waals surface area contributed by atoms with Gasteiger partial charge >= 0.3 is 0 Å². The smallest absolute Gasteiger partial charge is 0.127 e. The maximum atomic E-state index is 6.23. The first-order chi connectivity index (χ1) is 9.15. The van der Waals surface area contributed by atoms with Gasteiger partial charge in [0.2, 0.25) is 0 Å². The Morgan fingerprint density at radius 1 is 1.32 bits per heavy atom. The highest BCUT2D eigenvalue weighted by Crippen LogP contribution is 2.41. The molecule has 19 heavy (non-hydrogen) atoms. The normalized spacial score (nSPS) is 21.6. The molecule has 2 atom stereocenters. The Kier molecular flexibility index (Phi) is 3.17. The summed E-state index contributed by atoms with van der Waals surface area (Å²) in [5.41, 5.74) is 9.48. The fraction of sp³-hybridized carbons (Fsp3) is 0.267. The van der Waals surface area contributed by atoms with Crippen LogP contribution < -0.4 is 10.5 Å². The molecular formula is C15H15ClN2O. The third-order valence-electron chi connectivity index (χ3n) is 3.53. The van der Waals surface area contributed by atoms with E-state index in [0.29, 0.717) is 5.02 Å². The fourth-order valence-corrected chi connectivity index (χ4v) is 2.66. The summed E-state index contributed by atoms with van der Waals surface area (Å²) in [5, 5.41) is 0.689. The van der Waals surface area contributed by atoms with Crippen LogP contribution in [0.3, 0.4) is 0 Å². The largest absolute Gasteiger partial charge is 0.485 e. The van der Waals surface area contributed by atoms with Crippen LogP contribution in [0.2, 0.25) is 5.02 Å². The molecule has 0 amide bonds. The molecule has 0 spiro atoms. The van der Waals surface area contributed by atoms with Crippen LogP contribution in [0.1, 0.15) is 35.3 Å². The maximum absolute atomic E-state index is 6.23. The number of halogens is 1. The SMILES string of the molecule is Cc1ccncc1C1C[C@@H](N)c2cc(Cl)ccc2O1. The van der Waals surface area contributed by atoms with E-state index < -0.39 is 0 Å².